The number of amides is 2. The Kier molecular flexibility index (Phi) is 5.39. The van der Waals surface area contributed by atoms with E-state index in [-0.39, 0.29) is 36.2 Å². The number of nitrogens with zero attached hydrogens (tertiary/aromatic N) is 1. The number of carbonyl (C=O) groups excluding carboxylic acids is 2. The maximum absolute atomic E-state index is 12.4. The van der Waals surface area contributed by atoms with Crippen LogP contribution in [-0.4, -0.2) is 29.3 Å². The Labute approximate surface area is 124 Å². The Balaban J connectivity index is 0.00000200. The van der Waals surface area contributed by atoms with Gasteiger partial charge in [-0.15, -0.1) is 12.4 Å². The van der Waals surface area contributed by atoms with Gasteiger partial charge < -0.3 is 16.4 Å². The Hall–Kier alpha value is -1.75. The second kappa shape index (κ2) is 6.61. The third-order valence-electron chi connectivity index (χ3n) is 3.68. The largest absolute Gasteiger partial charge is 0.399 e. The van der Waals surface area contributed by atoms with Gasteiger partial charge >= 0.3 is 0 Å². The number of halogens is 1. The monoisotopic (exact) mass is 297 g/mol. The molecular formula is C14H20ClN3O2. The minimum absolute atomic E-state index is 0. The maximum Gasteiger partial charge on any atom is 0.254 e. The number of hydrogen-bond acceptors (Lipinski definition) is 3. The second-order valence-electron chi connectivity index (χ2n) is 5.11. The molecule has 2 amide bonds. The van der Waals surface area contributed by atoms with E-state index in [2.05, 4.69) is 0 Å². The van der Waals surface area contributed by atoms with Crippen LogP contribution in [0.3, 0.4) is 0 Å². The summed E-state index contributed by atoms with van der Waals surface area (Å²) in [6.07, 6.45) is 1.54. The van der Waals surface area contributed by atoms with Gasteiger partial charge in [-0.25, -0.2) is 0 Å². The number of benzene rings is 1. The van der Waals surface area contributed by atoms with Crippen LogP contribution in [0.2, 0.25) is 0 Å². The molecule has 6 heteroatoms. The van der Waals surface area contributed by atoms with Gasteiger partial charge in [-0.05, 0) is 38.0 Å². The fourth-order valence-electron chi connectivity index (χ4n) is 2.46. The van der Waals surface area contributed by atoms with Crippen LogP contribution in [-0.2, 0) is 4.79 Å². The number of hydrogen-bond donors (Lipinski definition) is 2. The number of anilines is 1. The highest BCUT2D eigenvalue weighted by Gasteiger charge is 2.31. The molecule has 0 bridgehead atoms. The van der Waals surface area contributed by atoms with Crippen molar-refractivity contribution in [1.82, 2.24) is 4.90 Å². The van der Waals surface area contributed by atoms with Gasteiger partial charge in [0.2, 0.25) is 5.91 Å². The number of nitrogens with two attached hydrogens (primary N) is 2. The van der Waals surface area contributed by atoms with Gasteiger partial charge in [0.1, 0.15) is 0 Å². The van der Waals surface area contributed by atoms with Crippen LogP contribution in [0, 0.1) is 5.92 Å². The molecule has 2 atom stereocenters. The lowest BCUT2D eigenvalue weighted by atomic mass is 9.92. The smallest absolute Gasteiger partial charge is 0.254 e. The molecule has 0 aliphatic carbocycles. The second-order valence-corrected chi connectivity index (χ2v) is 5.11. The Morgan fingerprint density at radius 1 is 1.30 bits per heavy atom. The van der Waals surface area contributed by atoms with Crippen LogP contribution in [0.1, 0.15) is 30.1 Å². The molecule has 1 aliphatic rings. The van der Waals surface area contributed by atoms with Gasteiger partial charge in [-0.3, -0.25) is 9.59 Å². The topological polar surface area (TPSA) is 89.4 Å². The maximum atomic E-state index is 12.4. The first kappa shape index (κ1) is 16.3. The first-order valence-electron chi connectivity index (χ1n) is 6.45. The van der Waals surface area contributed by atoms with E-state index in [0.717, 1.165) is 12.8 Å². The zero-order chi connectivity index (χ0) is 14.0. The number of nitrogen functional groups attached to an aromatic ring is 1. The number of likely N-dealkylation sites (tertiary alicyclic amines) is 1. The number of piperidine rings is 1. The van der Waals surface area contributed by atoms with Gasteiger partial charge in [-0.1, -0.05) is 6.07 Å². The summed E-state index contributed by atoms with van der Waals surface area (Å²) in [5, 5.41) is 0. The van der Waals surface area contributed by atoms with E-state index in [9.17, 15) is 9.59 Å². The Morgan fingerprint density at radius 2 is 2.00 bits per heavy atom. The molecule has 20 heavy (non-hydrogen) atoms. The summed E-state index contributed by atoms with van der Waals surface area (Å²) in [4.78, 5) is 25.4. The summed E-state index contributed by atoms with van der Waals surface area (Å²) >= 11 is 0. The first-order chi connectivity index (χ1) is 8.99. The van der Waals surface area contributed by atoms with Gasteiger partial charge in [0.05, 0.1) is 5.92 Å². The molecule has 4 N–H and O–H groups in total. The molecule has 0 radical (unpaired) electrons. The minimum atomic E-state index is -0.336. The van der Waals surface area contributed by atoms with E-state index < -0.39 is 0 Å². The van der Waals surface area contributed by atoms with Gasteiger partial charge in [0.15, 0.2) is 0 Å². The zero-order valence-corrected chi connectivity index (χ0v) is 12.2. The van der Waals surface area contributed by atoms with E-state index in [1.54, 1.807) is 29.2 Å². The molecule has 2 unspecified atom stereocenters. The number of rotatable bonds is 2. The molecular weight excluding hydrogens is 278 g/mol. The highest BCUT2D eigenvalue weighted by atomic mass is 35.5. The van der Waals surface area contributed by atoms with Crippen LogP contribution in [0.4, 0.5) is 5.69 Å². The Bertz CT molecular complexity index is 507. The third-order valence-corrected chi connectivity index (χ3v) is 3.68. The standard InChI is InChI=1S/C14H19N3O2.ClH/c1-9-5-6-11(13(16)18)8-17(9)14(19)10-3-2-4-12(15)7-10;/h2-4,7,9,11H,5-6,8,15H2,1H3,(H2,16,18);1H. The molecule has 0 aromatic heterocycles. The number of primary amides is 1. The lowest BCUT2D eigenvalue weighted by Crippen LogP contribution is -2.48. The predicted molar refractivity (Wildman–Crippen MR) is 80.5 cm³/mol. The van der Waals surface area contributed by atoms with Crippen molar-refractivity contribution < 1.29 is 9.59 Å². The van der Waals surface area contributed by atoms with E-state index in [1.165, 1.54) is 0 Å². The number of carbonyl (C=O) groups is 2. The van der Waals surface area contributed by atoms with Crippen molar-refractivity contribution in [3.63, 3.8) is 0 Å². The van der Waals surface area contributed by atoms with E-state index in [0.29, 0.717) is 17.8 Å². The Morgan fingerprint density at radius 3 is 2.60 bits per heavy atom. The van der Waals surface area contributed by atoms with Gasteiger partial charge in [-0.2, -0.15) is 0 Å². The van der Waals surface area contributed by atoms with Crippen LogP contribution in [0.25, 0.3) is 0 Å². The molecule has 1 heterocycles. The summed E-state index contributed by atoms with van der Waals surface area (Å²) in [6.45, 7) is 2.38. The SMILES string of the molecule is CC1CCC(C(N)=O)CN1C(=O)c1cccc(N)c1.Cl. The minimum Gasteiger partial charge on any atom is -0.399 e. The summed E-state index contributed by atoms with van der Waals surface area (Å²) in [5.74, 6) is -0.677. The summed E-state index contributed by atoms with van der Waals surface area (Å²) < 4.78 is 0. The van der Waals surface area contributed by atoms with E-state index in [4.69, 9.17) is 11.5 Å². The molecule has 1 fully saturated rings. The molecule has 110 valence electrons. The van der Waals surface area contributed by atoms with Crippen molar-refractivity contribution in [3.05, 3.63) is 29.8 Å². The molecule has 1 aliphatic heterocycles. The van der Waals surface area contributed by atoms with Crippen LogP contribution in [0.5, 0.6) is 0 Å². The van der Waals surface area contributed by atoms with Crippen molar-refractivity contribution in [1.29, 1.82) is 0 Å². The van der Waals surface area contributed by atoms with Crippen molar-refractivity contribution >= 4 is 29.9 Å². The molecule has 1 aromatic carbocycles. The first-order valence-corrected chi connectivity index (χ1v) is 6.45. The quantitative estimate of drug-likeness (QED) is 0.809. The summed E-state index contributed by atoms with van der Waals surface area (Å²) in [7, 11) is 0. The normalized spacial score (nSPS) is 21.9. The highest BCUT2D eigenvalue weighted by molar-refractivity contribution is 5.95. The average Bonchev–Trinajstić information content (AvgIpc) is 2.38. The average molecular weight is 298 g/mol. The molecule has 0 saturated carbocycles. The van der Waals surface area contributed by atoms with Crippen molar-refractivity contribution in [2.24, 2.45) is 11.7 Å². The summed E-state index contributed by atoms with van der Waals surface area (Å²) in [6, 6.07) is 7.00. The van der Waals surface area contributed by atoms with Crippen LogP contribution >= 0.6 is 12.4 Å². The van der Waals surface area contributed by atoms with E-state index >= 15 is 0 Å². The molecule has 1 saturated heterocycles. The fourth-order valence-corrected chi connectivity index (χ4v) is 2.46. The molecule has 2 rings (SSSR count). The predicted octanol–water partition coefficient (Wildman–Crippen LogP) is 1.42. The lowest BCUT2D eigenvalue weighted by Gasteiger charge is -2.37. The molecule has 0 spiro atoms. The third kappa shape index (κ3) is 3.42. The molecule has 5 nitrogen and oxygen atoms in total. The van der Waals surface area contributed by atoms with Crippen LogP contribution < -0.4 is 11.5 Å². The van der Waals surface area contributed by atoms with Gasteiger partial charge in [0.25, 0.3) is 5.91 Å². The van der Waals surface area contributed by atoms with Crippen molar-refractivity contribution in [3.8, 4) is 0 Å². The highest BCUT2D eigenvalue weighted by Crippen LogP contribution is 2.24. The zero-order valence-electron chi connectivity index (χ0n) is 11.4. The van der Waals surface area contributed by atoms with Crippen LogP contribution in [0.15, 0.2) is 24.3 Å². The van der Waals surface area contributed by atoms with Crippen molar-refractivity contribution in [2.75, 3.05) is 12.3 Å². The van der Waals surface area contributed by atoms with Gasteiger partial charge in [0, 0.05) is 23.8 Å². The van der Waals surface area contributed by atoms with E-state index in [1.807, 2.05) is 6.92 Å². The molecule has 1 aromatic rings. The van der Waals surface area contributed by atoms with Crippen molar-refractivity contribution in [2.45, 2.75) is 25.8 Å². The lowest BCUT2D eigenvalue weighted by molar-refractivity contribution is -0.123. The fraction of sp³-hybridized carbons (Fsp3) is 0.429. The summed E-state index contributed by atoms with van der Waals surface area (Å²) in [5.41, 5.74) is 12.1.